The molecule has 3 saturated carbocycles. The van der Waals surface area contributed by atoms with Crippen molar-refractivity contribution in [2.45, 2.75) is 56.4 Å². The molecule has 4 aliphatic carbocycles. The summed E-state index contributed by atoms with van der Waals surface area (Å²) >= 11 is 25.9. The van der Waals surface area contributed by atoms with Gasteiger partial charge in [0.15, 0.2) is 24.0 Å². The minimum absolute atomic E-state index is 0.00282. The summed E-state index contributed by atoms with van der Waals surface area (Å²) in [7, 11) is 0. The van der Waals surface area contributed by atoms with Crippen LogP contribution in [-0.2, 0) is 30.5 Å². The molecule has 0 amide bonds. The molecule has 9 nitrogen and oxygen atoms in total. The van der Waals surface area contributed by atoms with Crippen molar-refractivity contribution in [2.75, 3.05) is 6.61 Å². The lowest BCUT2D eigenvalue weighted by atomic mass is 9.46. The maximum Gasteiger partial charge on any atom is 0.509 e. The summed E-state index contributed by atoms with van der Waals surface area (Å²) in [4.78, 5) is 61.0. The van der Waals surface area contributed by atoms with Crippen LogP contribution in [0.5, 0.6) is 0 Å². The Balaban J connectivity index is 1.27. The summed E-state index contributed by atoms with van der Waals surface area (Å²) < 4.78 is 10.1. The number of nitrogens with zero attached hydrogens (tertiary/aromatic N) is 1. The van der Waals surface area contributed by atoms with E-state index in [0.717, 1.165) is 0 Å². The molecule has 13 heteroatoms. The highest BCUT2D eigenvalue weighted by molar-refractivity contribution is 6.43. The minimum Gasteiger partial charge on any atom is -0.429 e. The number of nitro groups is 1. The van der Waals surface area contributed by atoms with E-state index in [4.69, 9.17) is 55.9 Å². The van der Waals surface area contributed by atoms with Gasteiger partial charge < -0.3 is 9.47 Å². The monoisotopic (exact) mass is 657 g/mol. The summed E-state index contributed by atoms with van der Waals surface area (Å²) in [5.41, 5.74) is -1.52. The van der Waals surface area contributed by atoms with E-state index in [1.165, 1.54) is 24.3 Å². The van der Waals surface area contributed by atoms with Crippen molar-refractivity contribution in [1.29, 1.82) is 0 Å². The average molecular weight is 659 g/mol. The van der Waals surface area contributed by atoms with Gasteiger partial charge in [0.25, 0.3) is 5.69 Å². The number of carbonyl (C=O) groups excluding carboxylic acids is 4. The predicted molar refractivity (Wildman–Crippen MR) is 155 cm³/mol. The number of allylic oxidation sites excluding steroid dienone is 4. The van der Waals surface area contributed by atoms with E-state index in [0.29, 0.717) is 24.8 Å². The van der Waals surface area contributed by atoms with Gasteiger partial charge >= 0.3 is 6.16 Å². The number of benzene rings is 1. The Morgan fingerprint density at radius 3 is 2.52 bits per heavy atom. The number of nitro benzene ring substituents is 1. The Morgan fingerprint density at radius 2 is 1.83 bits per heavy atom. The molecule has 0 heterocycles. The van der Waals surface area contributed by atoms with Gasteiger partial charge in [0.1, 0.15) is 16.5 Å². The first-order valence-electron chi connectivity index (χ1n) is 13.4. The second-order valence-corrected chi connectivity index (χ2v) is 13.7. The van der Waals surface area contributed by atoms with Crippen molar-refractivity contribution < 1.29 is 33.6 Å². The average Bonchev–Trinajstić information content (AvgIpc) is 3.27. The van der Waals surface area contributed by atoms with Crippen LogP contribution in [0.25, 0.3) is 0 Å². The zero-order chi connectivity index (χ0) is 30.8. The van der Waals surface area contributed by atoms with E-state index in [1.54, 1.807) is 6.08 Å². The molecule has 0 saturated heterocycles. The maximum absolute atomic E-state index is 13.9. The zero-order valence-corrected chi connectivity index (χ0v) is 25.7. The molecule has 0 spiro atoms. The van der Waals surface area contributed by atoms with Crippen LogP contribution in [0.3, 0.4) is 0 Å². The number of ketones is 3. The predicted octanol–water partition coefficient (Wildman–Crippen LogP) is 6.81. The van der Waals surface area contributed by atoms with Crippen LogP contribution in [0, 0.1) is 38.7 Å². The lowest BCUT2D eigenvalue weighted by Gasteiger charge is -2.61. The largest absolute Gasteiger partial charge is 0.509 e. The van der Waals surface area contributed by atoms with E-state index >= 15 is 0 Å². The highest BCUT2D eigenvalue weighted by atomic mass is 35.5. The number of alkyl halides is 2. The molecule has 0 bridgehead atoms. The van der Waals surface area contributed by atoms with E-state index in [2.05, 4.69) is 0 Å². The number of fused-ring (bicyclic) bond motifs is 5. The number of carbonyl (C=O) groups is 4. The molecule has 0 N–H and O–H groups in total. The van der Waals surface area contributed by atoms with Crippen LogP contribution in [0.15, 0.2) is 35.9 Å². The van der Waals surface area contributed by atoms with E-state index < -0.39 is 57.0 Å². The van der Waals surface area contributed by atoms with Crippen molar-refractivity contribution in [3.05, 3.63) is 61.7 Å². The first-order chi connectivity index (χ1) is 19.6. The Kier molecular flexibility index (Phi) is 8.05. The van der Waals surface area contributed by atoms with E-state index in [9.17, 15) is 29.3 Å². The van der Waals surface area contributed by atoms with Crippen molar-refractivity contribution in [2.24, 2.45) is 28.6 Å². The summed E-state index contributed by atoms with van der Waals surface area (Å²) in [5.74, 6) is -1.76. The molecule has 5 rings (SSSR count). The van der Waals surface area contributed by atoms with Gasteiger partial charge in [-0.05, 0) is 66.4 Å². The lowest BCUT2D eigenvalue weighted by Crippen LogP contribution is -2.66. The molecule has 3 fully saturated rings. The number of ether oxygens (including phenoxy) is 2. The van der Waals surface area contributed by atoms with Crippen molar-refractivity contribution in [3.63, 3.8) is 0 Å². The smallest absolute Gasteiger partial charge is 0.429 e. The summed E-state index contributed by atoms with van der Waals surface area (Å²) in [5, 5.41) is 10.6. The highest BCUT2D eigenvalue weighted by Gasteiger charge is 2.70. The first kappa shape index (κ1) is 31.0. The standard InChI is InChI=1S/C29H27Cl4NO8/c1-27-11-23(37)29(33)18(10-21(31)19-9-15(35)7-8-28(19,29)2)16(27)4-5-17(27)22(36)13-42-26(38)41-12-14-3-6-20(30)24(32)25(14)34(39)40/h3,6-9,16-18,21H,4-5,10-13H2,1-2H3/t16-,17+,18-,21-,27-,28-,29-/m0/s1. The fourth-order valence-corrected chi connectivity index (χ4v) is 9.13. The van der Waals surface area contributed by atoms with Crippen molar-refractivity contribution in [1.82, 2.24) is 0 Å². The molecule has 0 radical (unpaired) electrons. The van der Waals surface area contributed by atoms with Gasteiger partial charge in [-0.25, -0.2) is 4.79 Å². The highest BCUT2D eigenvalue weighted by Crippen LogP contribution is 2.69. The number of hydrogen-bond acceptors (Lipinski definition) is 8. The van der Waals surface area contributed by atoms with Crippen LogP contribution in [-0.4, -0.2) is 45.3 Å². The van der Waals surface area contributed by atoms with Crippen molar-refractivity contribution in [3.8, 4) is 0 Å². The normalized spacial score (nSPS) is 35.0. The molecule has 0 aromatic heterocycles. The number of rotatable bonds is 6. The molecule has 4 aliphatic rings. The van der Waals surface area contributed by atoms with Gasteiger partial charge in [-0.3, -0.25) is 24.5 Å². The van der Waals surface area contributed by atoms with Gasteiger partial charge in [0.05, 0.1) is 20.9 Å². The number of hydrogen-bond donors (Lipinski definition) is 0. The fourth-order valence-electron chi connectivity index (χ4n) is 7.76. The Morgan fingerprint density at radius 1 is 1.12 bits per heavy atom. The van der Waals surface area contributed by atoms with Crippen LogP contribution in [0.1, 0.15) is 45.1 Å². The van der Waals surface area contributed by atoms with E-state index in [-0.39, 0.29) is 51.2 Å². The topological polar surface area (TPSA) is 130 Å². The van der Waals surface area contributed by atoms with E-state index in [1.807, 2.05) is 13.8 Å². The molecule has 1 aromatic carbocycles. The zero-order valence-electron chi connectivity index (χ0n) is 22.7. The molecular weight excluding hydrogens is 632 g/mol. The molecule has 1 aromatic rings. The summed E-state index contributed by atoms with van der Waals surface area (Å²) in [6.07, 6.45) is 4.97. The molecular formula is C29H27Cl4NO8. The third-order valence-electron chi connectivity index (χ3n) is 9.79. The van der Waals surface area contributed by atoms with Gasteiger partial charge in [0, 0.05) is 17.8 Å². The minimum atomic E-state index is -1.31. The third kappa shape index (κ3) is 4.68. The maximum atomic E-state index is 13.9. The Hall–Kier alpha value is -2.46. The van der Waals surface area contributed by atoms with Gasteiger partial charge in [-0.2, -0.15) is 0 Å². The van der Waals surface area contributed by atoms with Crippen LogP contribution >= 0.6 is 46.4 Å². The summed E-state index contributed by atoms with van der Waals surface area (Å²) in [6, 6.07) is 2.64. The van der Waals surface area contributed by atoms with Gasteiger partial charge in [-0.1, -0.05) is 43.1 Å². The second-order valence-electron chi connectivity index (χ2n) is 11.8. The van der Waals surface area contributed by atoms with Crippen LogP contribution in [0.4, 0.5) is 10.5 Å². The van der Waals surface area contributed by atoms with Crippen molar-refractivity contribution >= 4 is 75.6 Å². The SMILES string of the molecule is C[C@]12CC(=O)[C@@]3(Cl)[C@@H](C[C@H](Cl)C4=CC(=O)C=C[C@@]43C)[C@@H]1CC[C@@H]2C(=O)COC(=O)OCc1ccc(Cl)c(Cl)c1[N+](=O)[O-]. The van der Waals surface area contributed by atoms with Gasteiger partial charge in [0.2, 0.25) is 0 Å². The lowest BCUT2D eigenvalue weighted by molar-refractivity contribution is -0.385. The first-order valence-corrected chi connectivity index (χ1v) is 15.0. The summed E-state index contributed by atoms with van der Waals surface area (Å²) in [6.45, 7) is 2.64. The molecule has 224 valence electrons. The molecule has 42 heavy (non-hydrogen) atoms. The molecule has 0 unspecified atom stereocenters. The second kappa shape index (κ2) is 10.9. The molecule has 7 atom stereocenters. The molecule has 0 aliphatic heterocycles. The van der Waals surface area contributed by atoms with Gasteiger partial charge in [-0.15, -0.1) is 23.2 Å². The quantitative estimate of drug-likeness (QED) is 0.141. The number of halogens is 4. The third-order valence-corrected chi connectivity index (χ3v) is 11.9. The van der Waals surface area contributed by atoms with Crippen LogP contribution in [0.2, 0.25) is 10.0 Å². The Labute approximate surface area is 261 Å². The Bertz CT molecular complexity index is 1480. The number of Topliss-reactive ketones (excluding diaryl/α,β-unsaturated/α-hetero) is 2. The van der Waals surface area contributed by atoms with Crippen LogP contribution < -0.4 is 0 Å². The fraction of sp³-hybridized carbons (Fsp3) is 0.517.